The lowest BCUT2D eigenvalue weighted by molar-refractivity contribution is 0.123. The van der Waals surface area contributed by atoms with Gasteiger partial charge in [-0.25, -0.2) is 0 Å². The Kier molecular flexibility index (Phi) is 5.32. The molecular formula is C26H25ClN2O. The van der Waals surface area contributed by atoms with E-state index in [0.29, 0.717) is 10.9 Å². The van der Waals surface area contributed by atoms with E-state index < -0.39 is 0 Å². The molecule has 1 aliphatic carbocycles. The third kappa shape index (κ3) is 3.76. The summed E-state index contributed by atoms with van der Waals surface area (Å²) < 4.78 is 6.31. The zero-order valence-corrected chi connectivity index (χ0v) is 17.6. The van der Waals surface area contributed by atoms with Crippen molar-refractivity contribution in [3.8, 4) is 5.75 Å². The maximum Gasteiger partial charge on any atom is 0.138 e. The number of halogens is 1. The van der Waals surface area contributed by atoms with Crippen molar-refractivity contribution in [1.82, 2.24) is 4.98 Å². The van der Waals surface area contributed by atoms with Crippen LogP contribution in [0.4, 0.5) is 0 Å². The zero-order valence-electron chi connectivity index (χ0n) is 16.8. The molecule has 1 atom stereocenters. The van der Waals surface area contributed by atoms with E-state index in [1.54, 1.807) is 6.20 Å². The molecule has 0 spiro atoms. The zero-order chi connectivity index (χ0) is 20.5. The monoisotopic (exact) mass is 416 g/mol. The van der Waals surface area contributed by atoms with Crippen LogP contribution in [0.2, 0.25) is 5.02 Å². The molecule has 30 heavy (non-hydrogen) atoms. The average Bonchev–Trinajstić information content (AvgIpc) is 2.79. The number of ether oxygens (including phenoxy) is 1. The Bertz CT molecular complexity index is 1180. The van der Waals surface area contributed by atoms with Crippen molar-refractivity contribution in [2.24, 2.45) is 11.7 Å². The Morgan fingerprint density at radius 3 is 2.57 bits per heavy atom. The number of rotatable bonds is 4. The van der Waals surface area contributed by atoms with Crippen LogP contribution in [0.3, 0.4) is 0 Å². The number of nitrogens with zero attached hydrogens (tertiary/aromatic N) is 1. The van der Waals surface area contributed by atoms with Gasteiger partial charge in [0, 0.05) is 23.8 Å². The number of nitrogens with two attached hydrogens (primary N) is 1. The van der Waals surface area contributed by atoms with Crippen LogP contribution in [0.15, 0.2) is 73.1 Å². The van der Waals surface area contributed by atoms with Gasteiger partial charge in [0.15, 0.2) is 0 Å². The van der Waals surface area contributed by atoms with Crippen molar-refractivity contribution in [3.05, 3.63) is 83.6 Å². The highest BCUT2D eigenvalue weighted by atomic mass is 35.5. The third-order valence-electron chi connectivity index (χ3n) is 6.39. The number of benzene rings is 3. The predicted molar refractivity (Wildman–Crippen MR) is 124 cm³/mol. The van der Waals surface area contributed by atoms with Crippen LogP contribution in [-0.2, 0) is 0 Å². The fourth-order valence-corrected chi connectivity index (χ4v) is 4.93. The molecule has 2 N–H and O–H groups in total. The fourth-order valence-electron chi connectivity index (χ4n) is 4.72. The van der Waals surface area contributed by atoms with Gasteiger partial charge < -0.3 is 10.5 Å². The Balaban J connectivity index is 1.28. The van der Waals surface area contributed by atoms with Crippen molar-refractivity contribution in [1.29, 1.82) is 0 Å². The van der Waals surface area contributed by atoms with Crippen molar-refractivity contribution >= 4 is 33.1 Å². The second-order valence-corrected chi connectivity index (χ2v) is 8.66. The van der Waals surface area contributed by atoms with Crippen LogP contribution < -0.4 is 10.5 Å². The molecule has 1 aromatic heterocycles. The number of hydrogen-bond donors (Lipinski definition) is 1. The van der Waals surface area contributed by atoms with E-state index in [9.17, 15) is 0 Å². The van der Waals surface area contributed by atoms with Crippen LogP contribution in [0.5, 0.6) is 5.75 Å². The molecule has 152 valence electrons. The van der Waals surface area contributed by atoms with Crippen LogP contribution in [0.1, 0.15) is 37.3 Å². The summed E-state index contributed by atoms with van der Waals surface area (Å²) in [5.41, 5.74) is 8.01. The highest BCUT2D eigenvalue weighted by molar-refractivity contribution is 6.32. The number of aromatic nitrogens is 1. The number of pyridine rings is 1. The van der Waals surface area contributed by atoms with Crippen LogP contribution in [-0.4, -0.2) is 11.1 Å². The molecule has 3 aromatic carbocycles. The molecule has 4 aromatic rings. The lowest BCUT2D eigenvalue weighted by atomic mass is 9.79. The summed E-state index contributed by atoms with van der Waals surface area (Å²) in [4.78, 5) is 4.16. The van der Waals surface area contributed by atoms with E-state index in [4.69, 9.17) is 22.1 Å². The van der Waals surface area contributed by atoms with Gasteiger partial charge in [0.25, 0.3) is 0 Å². The molecule has 1 aliphatic rings. The lowest BCUT2D eigenvalue weighted by Gasteiger charge is -2.33. The van der Waals surface area contributed by atoms with E-state index in [1.807, 2.05) is 24.4 Å². The van der Waals surface area contributed by atoms with Gasteiger partial charge in [-0.05, 0) is 71.5 Å². The van der Waals surface area contributed by atoms with E-state index in [2.05, 4.69) is 47.4 Å². The Hall–Kier alpha value is -2.62. The summed E-state index contributed by atoms with van der Waals surface area (Å²) >= 11 is 6.46. The maximum absolute atomic E-state index is 6.75. The Morgan fingerprint density at radius 1 is 0.900 bits per heavy atom. The summed E-state index contributed by atoms with van der Waals surface area (Å²) in [6.45, 7) is 0. The molecule has 0 amide bonds. The minimum atomic E-state index is 0.0498. The first-order valence-electron chi connectivity index (χ1n) is 10.6. The molecule has 0 radical (unpaired) electrons. The van der Waals surface area contributed by atoms with Gasteiger partial charge in [-0.15, -0.1) is 0 Å². The Morgan fingerprint density at radius 2 is 1.70 bits per heavy atom. The fraction of sp³-hybridized carbons (Fsp3) is 0.269. The first-order valence-corrected chi connectivity index (χ1v) is 11.0. The van der Waals surface area contributed by atoms with Crippen LogP contribution in [0, 0.1) is 5.92 Å². The number of fused-ring (bicyclic) bond motifs is 2. The molecule has 0 saturated heterocycles. The first-order chi connectivity index (χ1) is 14.7. The average molecular weight is 417 g/mol. The van der Waals surface area contributed by atoms with Gasteiger partial charge in [0.1, 0.15) is 5.75 Å². The SMILES string of the molecule is NC(c1cccc2ccccc12)[C@H]1CC[C@H](Oc2cc3ccncc3cc2Cl)CC1. The smallest absolute Gasteiger partial charge is 0.138 e. The van der Waals surface area contributed by atoms with Crippen molar-refractivity contribution in [2.45, 2.75) is 37.8 Å². The topological polar surface area (TPSA) is 48.1 Å². The predicted octanol–water partition coefficient (Wildman–Crippen LogP) is 6.68. The van der Waals surface area contributed by atoms with E-state index >= 15 is 0 Å². The van der Waals surface area contributed by atoms with Gasteiger partial charge in [-0.1, -0.05) is 54.1 Å². The second-order valence-electron chi connectivity index (χ2n) is 8.25. The molecule has 0 aliphatic heterocycles. The van der Waals surface area contributed by atoms with Crippen LogP contribution in [0.25, 0.3) is 21.5 Å². The highest BCUT2D eigenvalue weighted by Crippen LogP contribution is 2.38. The van der Waals surface area contributed by atoms with Crippen molar-refractivity contribution < 1.29 is 4.74 Å². The van der Waals surface area contributed by atoms with Crippen molar-refractivity contribution in [3.63, 3.8) is 0 Å². The molecule has 1 heterocycles. The molecule has 1 fully saturated rings. The maximum atomic E-state index is 6.75. The summed E-state index contributed by atoms with van der Waals surface area (Å²) in [5, 5.41) is 5.28. The lowest BCUT2D eigenvalue weighted by Crippen LogP contribution is -2.30. The largest absolute Gasteiger partial charge is 0.489 e. The van der Waals surface area contributed by atoms with Gasteiger partial charge in [0.05, 0.1) is 11.1 Å². The van der Waals surface area contributed by atoms with Gasteiger partial charge in [-0.2, -0.15) is 0 Å². The third-order valence-corrected chi connectivity index (χ3v) is 6.69. The summed E-state index contributed by atoms with van der Waals surface area (Å²) in [5.74, 6) is 1.23. The summed E-state index contributed by atoms with van der Waals surface area (Å²) in [6.07, 6.45) is 7.90. The molecule has 1 saturated carbocycles. The van der Waals surface area contributed by atoms with Gasteiger partial charge >= 0.3 is 0 Å². The van der Waals surface area contributed by atoms with E-state index in [0.717, 1.165) is 42.2 Å². The highest BCUT2D eigenvalue weighted by Gasteiger charge is 2.28. The minimum absolute atomic E-state index is 0.0498. The number of hydrogen-bond acceptors (Lipinski definition) is 3. The normalized spacial score (nSPS) is 20.3. The van der Waals surface area contributed by atoms with Crippen LogP contribution >= 0.6 is 11.6 Å². The second kappa shape index (κ2) is 8.25. The molecule has 0 bridgehead atoms. The molecule has 5 rings (SSSR count). The van der Waals surface area contributed by atoms with E-state index in [-0.39, 0.29) is 12.1 Å². The first kappa shape index (κ1) is 19.3. The molecule has 4 heteroatoms. The molecule has 1 unspecified atom stereocenters. The Labute approximate surface area is 181 Å². The molecule has 3 nitrogen and oxygen atoms in total. The van der Waals surface area contributed by atoms with Gasteiger partial charge in [-0.3, -0.25) is 4.98 Å². The van der Waals surface area contributed by atoms with Gasteiger partial charge in [0.2, 0.25) is 0 Å². The summed E-state index contributed by atoms with van der Waals surface area (Å²) in [6, 6.07) is 20.9. The molecular weight excluding hydrogens is 392 g/mol. The summed E-state index contributed by atoms with van der Waals surface area (Å²) in [7, 11) is 0. The standard InChI is InChI=1S/C26H25ClN2O/c27-24-14-20-16-29-13-12-19(20)15-25(24)30-21-10-8-18(9-11-21)26(28)23-7-3-5-17-4-1-2-6-22(17)23/h1-7,12-16,18,21,26H,8-11,28H2/t18-,21-,26?. The minimum Gasteiger partial charge on any atom is -0.489 e. The van der Waals surface area contributed by atoms with Crippen molar-refractivity contribution in [2.75, 3.05) is 0 Å². The van der Waals surface area contributed by atoms with E-state index in [1.165, 1.54) is 16.3 Å². The quantitative estimate of drug-likeness (QED) is 0.403.